The molecule has 0 radical (unpaired) electrons. The average molecular weight is 473 g/mol. The van der Waals surface area contributed by atoms with E-state index in [-0.39, 0.29) is 5.41 Å². The molecule has 0 saturated heterocycles. The lowest BCUT2D eigenvalue weighted by atomic mass is 9.69. The second-order valence-electron chi connectivity index (χ2n) is 10.0. The van der Waals surface area contributed by atoms with Gasteiger partial charge in [0.2, 0.25) is 0 Å². The first-order valence-corrected chi connectivity index (χ1v) is 13.4. The van der Waals surface area contributed by atoms with Crippen molar-refractivity contribution in [1.29, 1.82) is 0 Å². The van der Waals surface area contributed by atoms with Gasteiger partial charge in [-0.25, -0.2) is 0 Å². The molecule has 1 heteroatoms. The highest BCUT2D eigenvalue weighted by Gasteiger charge is 2.52. The van der Waals surface area contributed by atoms with Crippen molar-refractivity contribution in [2.45, 2.75) is 5.41 Å². The minimum atomic E-state index is -0.316. The van der Waals surface area contributed by atoms with Gasteiger partial charge in [-0.2, -0.15) is 0 Å². The van der Waals surface area contributed by atoms with E-state index in [4.69, 9.17) is 0 Å². The molecule has 166 valence electrons. The maximum atomic E-state index is 2.37. The van der Waals surface area contributed by atoms with Gasteiger partial charge in [0.1, 0.15) is 0 Å². The maximum Gasteiger partial charge on any atom is 0.0732 e. The van der Waals surface area contributed by atoms with Crippen LogP contribution in [0.1, 0.15) is 22.3 Å². The largest absolute Gasteiger partial charge is 0.135 e. The molecule has 0 bridgehead atoms. The quantitative estimate of drug-likeness (QED) is 0.206. The van der Waals surface area contributed by atoms with E-state index >= 15 is 0 Å². The van der Waals surface area contributed by atoms with Crippen molar-refractivity contribution in [1.82, 2.24) is 0 Å². The van der Waals surface area contributed by atoms with Gasteiger partial charge in [-0.05, 0) is 56.0 Å². The molecule has 0 saturated carbocycles. The molecule has 6 aromatic carbocycles. The lowest BCUT2D eigenvalue weighted by Gasteiger charge is -2.31. The second-order valence-corrected chi connectivity index (χ2v) is 11.1. The van der Waals surface area contributed by atoms with E-state index in [2.05, 4.69) is 121 Å². The molecule has 0 atom stereocenters. The summed E-state index contributed by atoms with van der Waals surface area (Å²) in [5.41, 5.74) is 10.8. The van der Waals surface area contributed by atoms with Gasteiger partial charge in [0.05, 0.1) is 5.41 Å². The Balaban J connectivity index is 1.58. The summed E-state index contributed by atoms with van der Waals surface area (Å²) in [6.45, 7) is 0. The fourth-order valence-corrected chi connectivity index (χ4v) is 8.44. The summed E-state index contributed by atoms with van der Waals surface area (Å²) in [5, 5.41) is 5.45. The molecular formula is C35H20S. The highest BCUT2D eigenvalue weighted by atomic mass is 32.1. The SMILES string of the molecule is c1ccc2c(c1)-c1ccccc1C21c2ccccc2-c2ccc3ccc4c5ccccc5sc4c3c21. The van der Waals surface area contributed by atoms with Crippen molar-refractivity contribution in [3.05, 3.63) is 144 Å². The lowest BCUT2D eigenvalue weighted by Crippen LogP contribution is -2.26. The number of rotatable bonds is 0. The zero-order valence-corrected chi connectivity index (χ0v) is 20.3. The van der Waals surface area contributed by atoms with Gasteiger partial charge in [0, 0.05) is 25.6 Å². The molecule has 1 spiro atoms. The highest BCUT2D eigenvalue weighted by molar-refractivity contribution is 7.26. The standard InChI is InChI=1S/C35H20S/c1-5-13-28-22(9-1)23-10-2-6-14-29(23)35(28)30-15-7-3-11-24(30)26-19-17-21-18-20-27-25-12-4-8-16-31(25)36-34(27)32(21)33(26)35/h1-20H. The van der Waals surface area contributed by atoms with Crippen LogP contribution in [0.3, 0.4) is 0 Å². The molecule has 7 aromatic rings. The number of hydrogen-bond acceptors (Lipinski definition) is 1. The van der Waals surface area contributed by atoms with Crippen LogP contribution in [0, 0.1) is 0 Å². The lowest BCUT2D eigenvalue weighted by molar-refractivity contribution is 0.802. The summed E-state index contributed by atoms with van der Waals surface area (Å²) >= 11 is 1.94. The van der Waals surface area contributed by atoms with Crippen LogP contribution in [0.4, 0.5) is 0 Å². The van der Waals surface area contributed by atoms with E-state index in [0.717, 1.165) is 0 Å². The Labute approximate surface area is 213 Å². The number of fused-ring (bicyclic) bond motifs is 16. The zero-order chi connectivity index (χ0) is 23.4. The van der Waals surface area contributed by atoms with Crippen LogP contribution in [-0.2, 0) is 5.41 Å². The maximum absolute atomic E-state index is 2.37. The van der Waals surface area contributed by atoms with Crippen LogP contribution in [0.2, 0.25) is 0 Å². The van der Waals surface area contributed by atoms with E-state index in [1.807, 2.05) is 11.3 Å². The van der Waals surface area contributed by atoms with Gasteiger partial charge < -0.3 is 0 Å². The van der Waals surface area contributed by atoms with Crippen molar-refractivity contribution in [3.63, 3.8) is 0 Å². The van der Waals surface area contributed by atoms with Crippen molar-refractivity contribution in [2.24, 2.45) is 0 Å². The summed E-state index contributed by atoms with van der Waals surface area (Å²) in [5.74, 6) is 0. The number of benzene rings is 6. The van der Waals surface area contributed by atoms with Crippen molar-refractivity contribution in [3.8, 4) is 22.3 Å². The van der Waals surface area contributed by atoms with E-state index in [1.54, 1.807) is 0 Å². The van der Waals surface area contributed by atoms with Gasteiger partial charge in [-0.3, -0.25) is 0 Å². The van der Waals surface area contributed by atoms with Crippen LogP contribution in [-0.4, -0.2) is 0 Å². The van der Waals surface area contributed by atoms with E-state index in [9.17, 15) is 0 Å². The molecule has 0 fully saturated rings. The van der Waals surface area contributed by atoms with Crippen LogP contribution < -0.4 is 0 Å². The molecule has 2 aliphatic carbocycles. The minimum absolute atomic E-state index is 0.316. The first-order chi connectivity index (χ1) is 17.9. The highest BCUT2D eigenvalue weighted by Crippen LogP contribution is 2.64. The Kier molecular flexibility index (Phi) is 3.45. The van der Waals surface area contributed by atoms with Crippen LogP contribution >= 0.6 is 11.3 Å². The molecule has 1 aromatic heterocycles. The molecule has 0 amide bonds. The fraction of sp³-hybridized carbons (Fsp3) is 0.0286. The Morgan fingerprint density at radius 1 is 0.444 bits per heavy atom. The fourth-order valence-electron chi connectivity index (χ4n) is 7.18. The smallest absolute Gasteiger partial charge is 0.0732 e. The predicted octanol–water partition coefficient (Wildman–Crippen LogP) is 9.55. The zero-order valence-electron chi connectivity index (χ0n) is 19.5. The average Bonchev–Trinajstić information content (AvgIpc) is 3.57. The summed E-state index contributed by atoms with van der Waals surface area (Å²) in [6, 6.07) is 45.5. The normalized spacial score (nSPS) is 14.3. The monoisotopic (exact) mass is 472 g/mol. The molecule has 0 N–H and O–H groups in total. The second kappa shape index (κ2) is 6.51. The van der Waals surface area contributed by atoms with Gasteiger partial charge in [-0.15, -0.1) is 11.3 Å². The van der Waals surface area contributed by atoms with Gasteiger partial charge in [0.15, 0.2) is 0 Å². The third-order valence-corrected chi connectivity index (χ3v) is 9.68. The first-order valence-electron chi connectivity index (χ1n) is 12.5. The summed E-state index contributed by atoms with van der Waals surface area (Å²) in [7, 11) is 0. The third kappa shape index (κ3) is 2.05. The van der Waals surface area contributed by atoms with E-state index in [1.165, 1.54) is 75.5 Å². The molecule has 1 heterocycles. The number of hydrogen-bond donors (Lipinski definition) is 0. The van der Waals surface area contributed by atoms with E-state index < -0.39 is 0 Å². The predicted molar refractivity (Wildman–Crippen MR) is 153 cm³/mol. The van der Waals surface area contributed by atoms with Crippen LogP contribution in [0.25, 0.3) is 53.2 Å². The van der Waals surface area contributed by atoms with Crippen LogP contribution in [0.15, 0.2) is 121 Å². The summed E-state index contributed by atoms with van der Waals surface area (Å²) < 4.78 is 2.76. The topological polar surface area (TPSA) is 0 Å². The number of thiophene rings is 1. The Hall–Kier alpha value is -4.20. The van der Waals surface area contributed by atoms with E-state index in [0.29, 0.717) is 0 Å². The van der Waals surface area contributed by atoms with Gasteiger partial charge in [0.25, 0.3) is 0 Å². The van der Waals surface area contributed by atoms with Gasteiger partial charge in [-0.1, -0.05) is 115 Å². The Bertz CT molecular complexity index is 1990. The minimum Gasteiger partial charge on any atom is -0.135 e. The Morgan fingerprint density at radius 2 is 1.00 bits per heavy atom. The summed E-state index contributed by atoms with van der Waals surface area (Å²) in [4.78, 5) is 0. The molecule has 0 unspecified atom stereocenters. The van der Waals surface area contributed by atoms with Crippen molar-refractivity contribution < 1.29 is 0 Å². The molecule has 9 rings (SSSR count). The molecular weight excluding hydrogens is 452 g/mol. The molecule has 0 aliphatic heterocycles. The van der Waals surface area contributed by atoms with Crippen LogP contribution in [0.5, 0.6) is 0 Å². The van der Waals surface area contributed by atoms with Gasteiger partial charge >= 0.3 is 0 Å². The Morgan fingerprint density at radius 3 is 1.69 bits per heavy atom. The van der Waals surface area contributed by atoms with Crippen molar-refractivity contribution >= 4 is 42.3 Å². The van der Waals surface area contributed by atoms with Crippen molar-refractivity contribution in [2.75, 3.05) is 0 Å². The third-order valence-electron chi connectivity index (χ3n) is 8.48. The first kappa shape index (κ1) is 19.0. The molecule has 2 aliphatic rings. The molecule has 36 heavy (non-hydrogen) atoms. The molecule has 0 nitrogen and oxygen atoms in total. The summed E-state index contributed by atoms with van der Waals surface area (Å²) in [6.07, 6.45) is 0.